The Kier molecular flexibility index (Phi) is 46100. The summed E-state index contributed by atoms with van der Waals surface area (Å²) in [6.45, 7) is 0. The van der Waals surface area contributed by atoms with Gasteiger partial charge in [-0.05, 0) is 0 Å². The summed E-state index contributed by atoms with van der Waals surface area (Å²) in [5, 5.41) is 0. The van der Waals surface area contributed by atoms with Gasteiger partial charge in [0.2, 0.25) is 0 Å². The van der Waals surface area contributed by atoms with Crippen LogP contribution in [0.4, 0.5) is 0 Å². The molecular weight excluding hydrogens is 2950 g/mol. The molecule has 0 aliphatic carbocycles. The molecular formula is H83K5NiO40PW11. The maximum absolute atomic E-state index is 0. The molecule has 409 valence electrons. The topological polar surface area (TPSA) is 1260 Å². The van der Waals surface area contributed by atoms with Crippen LogP contribution in [0, 0.1) is 0 Å². The van der Waals surface area contributed by atoms with Crippen LogP contribution in [0.3, 0.4) is 0 Å². The Morgan fingerprint density at radius 3 is 0.0862 bits per heavy atom. The van der Waals surface area contributed by atoms with E-state index in [2.05, 4.69) is 0 Å². The summed E-state index contributed by atoms with van der Waals surface area (Å²) in [6.07, 6.45) is 0. The smallest absolute Gasteiger partial charge is 0 e. The maximum atomic E-state index is 0. The summed E-state index contributed by atoms with van der Waals surface area (Å²) >= 11 is 0. The van der Waals surface area contributed by atoms with Gasteiger partial charge in [0.1, 0.15) is 0 Å². The molecule has 80 N–H and O–H groups in total. The van der Waals surface area contributed by atoms with E-state index in [4.69, 9.17) is 0 Å². The third-order valence-corrected chi connectivity index (χ3v) is 0. The molecule has 0 rings (SSSR count). The van der Waals surface area contributed by atoms with Crippen molar-refractivity contribution in [2.45, 2.75) is 0 Å². The fraction of sp³-hybridized carbons (Fsp3) is 0. The molecule has 0 heterocycles. The molecule has 0 spiro atoms. The Balaban J connectivity index is 0. The van der Waals surface area contributed by atoms with Gasteiger partial charge < -0.3 is 219 Å². The molecule has 40 nitrogen and oxygen atoms in total. The normalized spacial score (nSPS) is 0. The van der Waals surface area contributed by atoms with E-state index in [1.165, 1.54) is 0 Å². The van der Waals surface area contributed by atoms with Crippen LogP contribution in [-0.4, -0.2) is 476 Å². The first-order valence-electron chi connectivity index (χ1n) is 0. The van der Waals surface area contributed by atoms with Gasteiger partial charge in [0, 0.05) is 505 Å². The Labute approximate surface area is 715 Å². The standard InChI is InChI=1S/5K.Ni.40H2O.H3P.11W/h;;;;;;40*1H2;1H3;;;;;;;;;;;. The van der Waals surface area contributed by atoms with Crippen molar-refractivity contribution in [2.75, 3.05) is 0 Å². The van der Waals surface area contributed by atoms with Crippen molar-refractivity contribution in [3.05, 3.63) is 0 Å². The second kappa shape index (κ2) is 1600. The molecule has 1 unspecified atom stereocenters. The first-order valence-corrected chi connectivity index (χ1v) is 0. The summed E-state index contributed by atoms with van der Waals surface area (Å²) in [5.41, 5.74) is 0. The first kappa shape index (κ1) is 1670. The van der Waals surface area contributed by atoms with Gasteiger partial charge in [-0.2, -0.15) is 9.90 Å². The van der Waals surface area contributed by atoms with Gasteiger partial charge in [-0.1, -0.05) is 0 Å². The van der Waals surface area contributed by atoms with Crippen LogP contribution in [0.25, 0.3) is 0 Å². The molecule has 0 amide bonds. The molecule has 58 heavy (non-hydrogen) atoms. The maximum Gasteiger partial charge on any atom is 0 e. The predicted octanol–water partition coefficient (Wildman–Crippen LogP) is -34.9. The van der Waals surface area contributed by atoms with Gasteiger partial charge in [-0.3, -0.25) is 0 Å². The van der Waals surface area contributed by atoms with Crippen molar-refractivity contribution in [1.29, 1.82) is 0 Å². The van der Waals surface area contributed by atoms with E-state index in [1.807, 2.05) is 0 Å². The third kappa shape index (κ3) is 1540. The molecule has 0 aliphatic heterocycles. The van der Waals surface area contributed by atoms with Gasteiger partial charge in [0.15, 0.2) is 0 Å². The average molecular weight is 3030 g/mol. The predicted molar refractivity (Wildman–Crippen MR) is 184 cm³/mol. The fourth-order valence-corrected chi connectivity index (χ4v) is 0. The molecule has 58 heteroatoms. The Morgan fingerprint density at radius 1 is 0.0862 bits per heavy atom. The van der Waals surface area contributed by atoms with Gasteiger partial charge in [0.25, 0.3) is 0 Å². The first-order chi connectivity index (χ1) is 0. The second-order valence-corrected chi connectivity index (χ2v) is 0. The summed E-state index contributed by atoms with van der Waals surface area (Å²) in [6, 6.07) is 0. The molecule has 0 aromatic rings. The van der Waals surface area contributed by atoms with Crippen LogP contribution in [0.2, 0.25) is 0 Å². The van der Waals surface area contributed by atoms with E-state index in [0.29, 0.717) is 0 Å². The zero-order valence-electron chi connectivity index (χ0n) is 30.5. The molecule has 0 bridgehead atoms. The summed E-state index contributed by atoms with van der Waals surface area (Å²) < 4.78 is 0. The van der Waals surface area contributed by atoms with Crippen molar-refractivity contribution in [2.24, 2.45) is 0 Å². The molecule has 0 saturated carbocycles. The van der Waals surface area contributed by atoms with Crippen molar-refractivity contribution in [3.8, 4) is 0 Å². The zero-order chi connectivity index (χ0) is 0. The van der Waals surface area contributed by atoms with E-state index < -0.39 is 0 Å². The molecule has 0 aromatic carbocycles. The minimum atomic E-state index is 0. The van der Waals surface area contributed by atoms with Crippen LogP contribution < -0.4 is 0 Å². The molecule has 0 fully saturated rings. The van der Waals surface area contributed by atoms with Crippen molar-refractivity contribution in [1.82, 2.24) is 0 Å². The molecule has 5 radical (unpaired) electrons. The van der Waals surface area contributed by atoms with E-state index in [1.54, 1.807) is 0 Å². The Bertz CT molecular complexity index is 77.2. The van der Waals surface area contributed by atoms with Crippen LogP contribution in [-0.2, 0) is 248 Å². The Morgan fingerprint density at radius 2 is 0.0862 bits per heavy atom. The summed E-state index contributed by atoms with van der Waals surface area (Å²) in [7, 11) is 0. The SMILES string of the molecule is O.O.O.O.O.O.O.O.O.O.O.O.O.O.O.O.O.O.O.O.O.O.O.O.O.O.O.O.O.O.O.O.O.O.O.O.O.O.O.O.P.[K].[K].[K].[K].[K].[Ni].[W].[W].[W].[W].[W].[W].[W].[W].[W].[W].[W]. The third-order valence-electron chi connectivity index (χ3n) is 0. The van der Waals surface area contributed by atoms with Crippen LogP contribution in [0.5, 0.6) is 0 Å². The largest absolute Gasteiger partial charge is 0.412 e. The Hall–Kier alpha value is 15.1. The van der Waals surface area contributed by atoms with Crippen molar-refractivity contribution >= 4 is 267 Å². The van der Waals surface area contributed by atoms with Gasteiger partial charge in [0.05, 0.1) is 0 Å². The number of hydrogen-bond donors (Lipinski definition) is 0. The van der Waals surface area contributed by atoms with Crippen LogP contribution in [0.1, 0.15) is 0 Å². The van der Waals surface area contributed by atoms with Crippen LogP contribution >= 0.6 is 9.90 Å². The second-order valence-electron chi connectivity index (χ2n) is 0. The number of hydrogen-bond acceptors (Lipinski definition) is 0. The minimum absolute atomic E-state index is 0. The van der Waals surface area contributed by atoms with E-state index in [-0.39, 0.29) is 734 Å². The number of rotatable bonds is 0. The van der Waals surface area contributed by atoms with E-state index >= 15 is 0 Å². The molecule has 0 saturated heterocycles. The molecule has 0 aromatic heterocycles. The summed E-state index contributed by atoms with van der Waals surface area (Å²) in [4.78, 5) is 0. The van der Waals surface area contributed by atoms with E-state index in [0.717, 1.165) is 0 Å². The summed E-state index contributed by atoms with van der Waals surface area (Å²) in [5.74, 6) is 0. The quantitative estimate of drug-likeness (QED) is 0.161. The van der Waals surface area contributed by atoms with Gasteiger partial charge >= 0.3 is 0 Å². The van der Waals surface area contributed by atoms with Gasteiger partial charge in [-0.25, -0.2) is 0 Å². The van der Waals surface area contributed by atoms with Crippen molar-refractivity contribution < 1.29 is 467 Å². The van der Waals surface area contributed by atoms with Gasteiger partial charge in [-0.15, -0.1) is 0 Å². The van der Waals surface area contributed by atoms with Crippen molar-refractivity contribution in [3.63, 3.8) is 0 Å². The fourth-order valence-electron chi connectivity index (χ4n) is 0. The minimum Gasteiger partial charge on any atom is -0.412 e. The van der Waals surface area contributed by atoms with E-state index in [9.17, 15) is 0 Å². The average Bonchev–Trinajstić information content (AvgIpc) is 0. The van der Waals surface area contributed by atoms with Crippen LogP contribution in [0.15, 0.2) is 0 Å². The molecule has 0 aliphatic rings. The zero-order valence-corrected chi connectivity index (χ0v) is 80.8. The monoisotopic (exact) mass is 3030 g/mol. The molecule has 1 atom stereocenters.